The highest BCUT2D eigenvalue weighted by atomic mass is 19.1. The van der Waals surface area contributed by atoms with Gasteiger partial charge in [-0.05, 0) is 19.1 Å². The third-order valence-corrected chi connectivity index (χ3v) is 2.48. The first-order valence-corrected chi connectivity index (χ1v) is 5.37. The molecule has 3 N–H and O–H groups in total. The van der Waals surface area contributed by atoms with Crippen LogP contribution in [0.25, 0.3) is 11.3 Å². The highest BCUT2D eigenvalue weighted by Gasteiger charge is 2.09. The summed E-state index contributed by atoms with van der Waals surface area (Å²) in [5.74, 6) is -0.526. The number of nitrogens with one attached hydrogen (secondary N) is 1. The van der Waals surface area contributed by atoms with E-state index in [-0.39, 0.29) is 5.69 Å². The summed E-state index contributed by atoms with van der Waals surface area (Å²) in [6.07, 6.45) is 6.24. The summed E-state index contributed by atoms with van der Waals surface area (Å²) in [6, 6.07) is 1.49. The van der Waals surface area contributed by atoms with Crippen molar-refractivity contribution in [3.63, 3.8) is 0 Å². The molecule has 0 fully saturated rings. The van der Waals surface area contributed by atoms with Crippen LogP contribution in [0.2, 0.25) is 0 Å². The van der Waals surface area contributed by atoms with Crippen molar-refractivity contribution in [2.24, 2.45) is 4.99 Å². The predicted octanol–water partition coefficient (Wildman–Crippen LogP) is 3.08. The third kappa shape index (κ3) is 2.29. The molecule has 0 radical (unpaired) electrons. The minimum atomic E-state index is -0.526. The number of nitrogen functional groups attached to an aromatic ring is 1. The van der Waals surface area contributed by atoms with Gasteiger partial charge in [-0.3, -0.25) is 9.98 Å². The molecule has 4 nitrogen and oxygen atoms in total. The van der Waals surface area contributed by atoms with E-state index in [0.29, 0.717) is 11.4 Å². The second kappa shape index (κ2) is 4.83. The maximum atomic E-state index is 13.1. The number of nitrogens with zero attached hydrogens (tertiary/aromatic N) is 2. The van der Waals surface area contributed by atoms with Crippen LogP contribution in [-0.2, 0) is 0 Å². The lowest BCUT2D eigenvalue weighted by molar-refractivity contribution is 0.626. The van der Waals surface area contributed by atoms with E-state index in [4.69, 9.17) is 5.73 Å². The molecule has 0 aliphatic rings. The number of nitrogens with two attached hydrogens (primary N) is 1. The number of aromatic nitrogens is 2. The number of pyridine rings is 1. The normalized spacial score (nSPS) is 11.6. The summed E-state index contributed by atoms with van der Waals surface area (Å²) in [6.45, 7) is 5.49. The molecule has 0 unspecified atom stereocenters. The molecule has 0 atom stereocenters. The van der Waals surface area contributed by atoms with E-state index >= 15 is 0 Å². The van der Waals surface area contributed by atoms with E-state index in [9.17, 15) is 4.39 Å². The average molecular weight is 244 g/mol. The maximum absolute atomic E-state index is 13.1. The van der Waals surface area contributed by atoms with Crippen LogP contribution in [0, 0.1) is 5.82 Å². The van der Waals surface area contributed by atoms with E-state index in [1.807, 2.05) is 6.92 Å². The molecule has 0 saturated heterocycles. The van der Waals surface area contributed by atoms with Crippen LogP contribution in [0.1, 0.15) is 6.92 Å². The lowest BCUT2D eigenvalue weighted by Crippen LogP contribution is -1.93. The SMILES string of the molecule is C=CC(C)=Nc1c[nH]cc1-c1cc(N)c(F)cn1. The molecule has 0 aromatic carbocycles. The Morgan fingerprint density at radius 2 is 2.33 bits per heavy atom. The molecule has 0 bridgehead atoms. The smallest absolute Gasteiger partial charge is 0.164 e. The number of hydrogen-bond donors (Lipinski definition) is 2. The van der Waals surface area contributed by atoms with Crippen molar-refractivity contribution in [3.05, 3.63) is 43.1 Å². The molecule has 92 valence electrons. The summed E-state index contributed by atoms with van der Waals surface area (Å²) in [5, 5.41) is 0. The summed E-state index contributed by atoms with van der Waals surface area (Å²) >= 11 is 0. The van der Waals surface area contributed by atoms with Gasteiger partial charge in [0.25, 0.3) is 0 Å². The first-order valence-electron chi connectivity index (χ1n) is 5.37. The molecular formula is C13H13FN4. The van der Waals surface area contributed by atoms with Crippen LogP contribution >= 0.6 is 0 Å². The average Bonchev–Trinajstić information content (AvgIpc) is 2.80. The van der Waals surface area contributed by atoms with Gasteiger partial charge in [0.2, 0.25) is 0 Å². The summed E-state index contributed by atoms with van der Waals surface area (Å²) in [4.78, 5) is 11.3. The zero-order valence-corrected chi connectivity index (χ0v) is 9.94. The van der Waals surface area contributed by atoms with Crippen LogP contribution in [0.3, 0.4) is 0 Å². The minimum absolute atomic E-state index is 0.0663. The Morgan fingerprint density at radius 1 is 1.56 bits per heavy atom. The molecule has 18 heavy (non-hydrogen) atoms. The van der Waals surface area contributed by atoms with Gasteiger partial charge < -0.3 is 10.7 Å². The number of allylic oxidation sites excluding steroid dienone is 1. The second-order valence-electron chi connectivity index (χ2n) is 3.80. The zero-order valence-electron chi connectivity index (χ0n) is 9.94. The molecule has 0 aliphatic heterocycles. The van der Waals surface area contributed by atoms with Gasteiger partial charge >= 0.3 is 0 Å². The Labute approximate surface area is 104 Å². The number of H-pyrrole nitrogens is 1. The van der Waals surface area contributed by atoms with E-state index in [1.165, 1.54) is 6.07 Å². The highest BCUT2D eigenvalue weighted by molar-refractivity contribution is 5.95. The first kappa shape index (κ1) is 12.0. The van der Waals surface area contributed by atoms with E-state index in [1.54, 1.807) is 18.5 Å². The fraction of sp³-hybridized carbons (Fsp3) is 0.0769. The molecule has 0 amide bonds. The molecule has 2 aromatic heterocycles. The van der Waals surface area contributed by atoms with Crippen molar-refractivity contribution in [2.75, 3.05) is 5.73 Å². The van der Waals surface area contributed by atoms with Crippen molar-refractivity contribution in [1.29, 1.82) is 0 Å². The van der Waals surface area contributed by atoms with Crippen molar-refractivity contribution < 1.29 is 4.39 Å². The molecule has 2 heterocycles. The predicted molar refractivity (Wildman–Crippen MR) is 71.4 cm³/mol. The van der Waals surface area contributed by atoms with Crippen LogP contribution < -0.4 is 5.73 Å². The number of anilines is 1. The van der Waals surface area contributed by atoms with Gasteiger partial charge in [-0.15, -0.1) is 0 Å². The lowest BCUT2D eigenvalue weighted by Gasteiger charge is -2.02. The molecule has 0 saturated carbocycles. The van der Waals surface area contributed by atoms with Gasteiger partial charge in [0.15, 0.2) is 5.82 Å². The van der Waals surface area contributed by atoms with Gasteiger partial charge in [-0.1, -0.05) is 6.58 Å². The Morgan fingerprint density at radius 3 is 3.00 bits per heavy atom. The zero-order chi connectivity index (χ0) is 13.1. The van der Waals surface area contributed by atoms with Crippen LogP contribution in [0.4, 0.5) is 15.8 Å². The maximum Gasteiger partial charge on any atom is 0.164 e. The molecule has 5 heteroatoms. The monoisotopic (exact) mass is 244 g/mol. The summed E-state index contributed by atoms with van der Waals surface area (Å²) < 4.78 is 13.1. The number of hydrogen-bond acceptors (Lipinski definition) is 3. The molecule has 2 rings (SSSR count). The Bertz CT molecular complexity index is 613. The number of aliphatic imine (C=N–C) groups is 1. The van der Waals surface area contributed by atoms with Gasteiger partial charge in [0, 0.05) is 23.7 Å². The van der Waals surface area contributed by atoms with E-state index < -0.39 is 5.82 Å². The fourth-order valence-corrected chi connectivity index (χ4v) is 1.49. The quantitative estimate of drug-likeness (QED) is 0.815. The number of aromatic amines is 1. The van der Waals surface area contributed by atoms with E-state index in [2.05, 4.69) is 21.5 Å². The van der Waals surface area contributed by atoms with Gasteiger partial charge in [-0.2, -0.15) is 0 Å². The Hall–Kier alpha value is -2.43. The van der Waals surface area contributed by atoms with Gasteiger partial charge in [0.05, 0.1) is 23.3 Å². The van der Waals surface area contributed by atoms with Gasteiger partial charge in [-0.25, -0.2) is 4.39 Å². The van der Waals surface area contributed by atoms with Crippen molar-refractivity contribution in [1.82, 2.24) is 9.97 Å². The summed E-state index contributed by atoms with van der Waals surface area (Å²) in [7, 11) is 0. The summed E-state index contributed by atoms with van der Waals surface area (Å²) in [5.41, 5.74) is 8.43. The third-order valence-electron chi connectivity index (χ3n) is 2.48. The van der Waals surface area contributed by atoms with Gasteiger partial charge in [0.1, 0.15) is 0 Å². The van der Waals surface area contributed by atoms with Crippen LogP contribution in [-0.4, -0.2) is 15.7 Å². The Balaban J connectivity index is 2.48. The fourth-order valence-electron chi connectivity index (χ4n) is 1.49. The van der Waals surface area contributed by atoms with Crippen molar-refractivity contribution in [3.8, 4) is 11.3 Å². The first-order chi connectivity index (χ1) is 8.61. The standard InChI is InChI=1S/C13H13FN4/c1-3-8(2)18-13-7-16-5-9(13)12-4-11(15)10(14)6-17-12/h3-7,16H,1H2,2H3,(H2,15,17). The second-order valence-corrected chi connectivity index (χ2v) is 3.80. The molecule has 0 spiro atoms. The number of halogens is 1. The molecular weight excluding hydrogens is 231 g/mol. The van der Waals surface area contributed by atoms with Crippen LogP contribution in [0.5, 0.6) is 0 Å². The van der Waals surface area contributed by atoms with Crippen molar-refractivity contribution in [2.45, 2.75) is 6.92 Å². The minimum Gasteiger partial charge on any atom is -0.396 e. The highest BCUT2D eigenvalue weighted by Crippen LogP contribution is 2.30. The van der Waals surface area contributed by atoms with Crippen molar-refractivity contribution >= 4 is 17.1 Å². The topological polar surface area (TPSA) is 67.1 Å². The Kier molecular flexibility index (Phi) is 3.23. The lowest BCUT2D eigenvalue weighted by atomic mass is 10.2. The van der Waals surface area contributed by atoms with Crippen LogP contribution in [0.15, 0.2) is 42.3 Å². The number of rotatable bonds is 3. The molecule has 2 aromatic rings. The largest absolute Gasteiger partial charge is 0.396 e. The molecule has 0 aliphatic carbocycles. The van der Waals surface area contributed by atoms with E-state index in [0.717, 1.165) is 17.5 Å².